The summed E-state index contributed by atoms with van der Waals surface area (Å²) in [7, 11) is 0. The van der Waals surface area contributed by atoms with Crippen molar-refractivity contribution in [1.29, 1.82) is 5.26 Å². The van der Waals surface area contributed by atoms with Gasteiger partial charge in [-0.05, 0) is 37.1 Å². The number of carbonyl (C=O) groups excluding carboxylic acids is 1. The number of nitrogens with zero attached hydrogens (tertiary/aromatic N) is 1. The highest BCUT2D eigenvalue weighted by Gasteiger charge is 2.24. The number of hydrogen-bond acceptors (Lipinski definition) is 4. The predicted octanol–water partition coefficient (Wildman–Crippen LogP) is 2.03. The summed E-state index contributed by atoms with van der Waals surface area (Å²) in [4.78, 5) is 12.1. The lowest BCUT2D eigenvalue weighted by molar-refractivity contribution is -0.120. The van der Waals surface area contributed by atoms with Gasteiger partial charge in [0.15, 0.2) is 0 Å². The molecule has 0 aliphatic heterocycles. The van der Waals surface area contributed by atoms with Crippen LogP contribution in [-0.2, 0) is 4.79 Å². The van der Waals surface area contributed by atoms with Gasteiger partial charge in [0, 0.05) is 24.3 Å². The molecular weight excluding hydrogens is 278 g/mol. The molecule has 0 aromatic heterocycles. The van der Waals surface area contributed by atoms with Gasteiger partial charge in [-0.1, -0.05) is 19.3 Å². The molecule has 0 radical (unpaired) electrons. The molecule has 1 aromatic rings. The Kier molecular flexibility index (Phi) is 6.23. The highest BCUT2D eigenvalue weighted by Crippen LogP contribution is 2.23. The van der Waals surface area contributed by atoms with E-state index in [9.17, 15) is 9.90 Å². The number of nitriles is 1. The van der Waals surface area contributed by atoms with Crippen molar-refractivity contribution in [2.75, 3.05) is 18.5 Å². The van der Waals surface area contributed by atoms with Gasteiger partial charge >= 0.3 is 0 Å². The minimum Gasteiger partial charge on any atom is -0.396 e. The maximum Gasteiger partial charge on any atom is 0.239 e. The van der Waals surface area contributed by atoms with Crippen LogP contribution in [0.4, 0.5) is 5.69 Å². The Morgan fingerprint density at radius 3 is 2.64 bits per heavy atom. The number of nitrogens with one attached hydrogen (secondary N) is 2. The van der Waals surface area contributed by atoms with E-state index in [-0.39, 0.29) is 31.0 Å². The molecule has 3 N–H and O–H groups in total. The molecule has 1 aliphatic carbocycles. The molecule has 5 nitrogen and oxygen atoms in total. The maximum absolute atomic E-state index is 12.1. The fourth-order valence-corrected chi connectivity index (χ4v) is 2.90. The average Bonchev–Trinajstić information content (AvgIpc) is 2.78. The van der Waals surface area contributed by atoms with Crippen LogP contribution in [-0.4, -0.2) is 30.2 Å². The largest absolute Gasteiger partial charge is 0.396 e. The van der Waals surface area contributed by atoms with Gasteiger partial charge in [-0.3, -0.25) is 4.79 Å². The summed E-state index contributed by atoms with van der Waals surface area (Å²) < 4.78 is 0. The van der Waals surface area contributed by atoms with E-state index in [0.29, 0.717) is 5.56 Å². The van der Waals surface area contributed by atoms with Crippen LogP contribution in [0.25, 0.3) is 0 Å². The molecule has 1 aromatic carbocycles. The molecule has 2 unspecified atom stereocenters. The summed E-state index contributed by atoms with van der Waals surface area (Å²) in [6, 6.07) is 9.13. The number of hydrogen-bond donors (Lipinski definition) is 3. The highest BCUT2D eigenvalue weighted by atomic mass is 16.3. The number of aliphatic hydroxyl groups is 1. The molecular formula is C17H23N3O2. The Labute approximate surface area is 131 Å². The molecule has 0 spiro atoms. The zero-order valence-corrected chi connectivity index (χ0v) is 12.7. The first-order chi connectivity index (χ1) is 10.7. The number of anilines is 1. The molecule has 1 amide bonds. The lowest BCUT2D eigenvalue weighted by atomic mass is 9.95. The van der Waals surface area contributed by atoms with Crippen molar-refractivity contribution in [2.45, 2.75) is 38.1 Å². The fraction of sp³-hybridized carbons (Fsp3) is 0.529. The van der Waals surface area contributed by atoms with E-state index in [0.717, 1.165) is 31.4 Å². The normalized spacial score (nSPS) is 21.5. The van der Waals surface area contributed by atoms with Gasteiger partial charge in [-0.2, -0.15) is 5.26 Å². The maximum atomic E-state index is 12.1. The molecule has 22 heavy (non-hydrogen) atoms. The van der Waals surface area contributed by atoms with Crippen LogP contribution < -0.4 is 10.6 Å². The van der Waals surface area contributed by atoms with Crippen molar-refractivity contribution in [3.8, 4) is 6.07 Å². The third-order valence-corrected chi connectivity index (χ3v) is 4.21. The summed E-state index contributed by atoms with van der Waals surface area (Å²) in [6.07, 6.45) is 5.32. The Morgan fingerprint density at radius 1 is 1.23 bits per heavy atom. The highest BCUT2D eigenvalue weighted by molar-refractivity contribution is 5.81. The van der Waals surface area contributed by atoms with E-state index in [2.05, 4.69) is 16.7 Å². The van der Waals surface area contributed by atoms with Gasteiger partial charge in [0.05, 0.1) is 18.2 Å². The Bertz CT molecular complexity index is 522. The van der Waals surface area contributed by atoms with Crippen LogP contribution in [0.3, 0.4) is 0 Å². The summed E-state index contributed by atoms with van der Waals surface area (Å²) in [5, 5.41) is 24.3. The topological polar surface area (TPSA) is 85.2 Å². The lowest BCUT2D eigenvalue weighted by Crippen LogP contribution is -2.43. The molecule has 1 aliphatic rings. The lowest BCUT2D eigenvalue weighted by Gasteiger charge is -2.24. The summed E-state index contributed by atoms with van der Waals surface area (Å²) in [5.41, 5.74) is 1.41. The van der Waals surface area contributed by atoms with E-state index >= 15 is 0 Å². The van der Waals surface area contributed by atoms with E-state index in [1.165, 1.54) is 6.42 Å². The smallest absolute Gasteiger partial charge is 0.239 e. The number of rotatable bonds is 5. The first-order valence-corrected chi connectivity index (χ1v) is 7.87. The van der Waals surface area contributed by atoms with E-state index in [1.54, 1.807) is 24.3 Å². The van der Waals surface area contributed by atoms with Gasteiger partial charge in [0.25, 0.3) is 0 Å². The van der Waals surface area contributed by atoms with Crippen LogP contribution in [0.5, 0.6) is 0 Å². The van der Waals surface area contributed by atoms with Crippen molar-refractivity contribution in [1.82, 2.24) is 5.32 Å². The first kappa shape index (κ1) is 16.3. The summed E-state index contributed by atoms with van der Waals surface area (Å²) >= 11 is 0. The van der Waals surface area contributed by atoms with Crippen LogP contribution >= 0.6 is 0 Å². The second kappa shape index (κ2) is 8.40. The minimum atomic E-state index is -0.0605. The molecule has 0 heterocycles. The van der Waals surface area contributed by atoms with Crippen molar-refractivity contribution >= 4 is 11.6 Å². The number of aliphatic hydroxyl groups excluding tert-OH is 1. The third-order valence-electron chi connectivity index (χ3n) is 4.21. The molecule has 5 heteroatoms. The molecule has 2 atom stereocenters. The first-order valence-electron chi connectivity index (χ1n) is 7.87. The van der Waals surface area contributed by atoms with E-state index < -0.39 is 0 Å². The molecule has 118 valence electrons. The van der Waals surface area contributed by atoms with E-state index in [1.807, 2.05) is 0 Å². The van der Waals surface area contributed by atoms with Gasteiger partial charge in [0.2, 0.25) is 5.91 Å². The van der Waals surface area contributed by atoms with Gasteiger partial charge in [-0.15, -0.1) is 0 Å². The quantitative estimate of drug-likeness (QED) is 0.726. The van der Waals surface area contributed by atoms with Gasteiger partial charge in [-0.25, -0.2) is 0 Å². The predicted molar refractivity (Wildman–Crippen MR) is 85.2 cm³/mol. The van der Waals surface area contributed by atoms with E-state index in [4.69, 9.17) is 5.26 Å². The van der Waals surface area contributed by atoms with Gasteiger partial charge in [0.1, 0.15) is 0 Å². The standard InChI is InChI=1S/C17H23N3O2/c18-10-13-6-8-15(9-7-13)19-11-17(22)20-16-5-3-1-2-4-14(16)12-21/h6-9,14,16,19,21H,1-5,11-12H2,(H,20,22). The second-order valence-electron chi connectivity index (χ2n) is 5.80. The van der Waals surface area contributed by atoms with Gasteiger partial charge < -0.3 is 15.7 Å². The Morgan fingerprint density at radius 2 is 1.95 bits per heavy atom. The fourth-order valence-electron chi connectivity index (χ4n) is 2.90. The molecule has 2 rings (SSSR count). The summed E-state index contributed by atoms with van der Waals surface area (Å²) in [5.74, 6) is 0.107. The minimum absolute atomic E-state index is 0.0605. The number of carbonyl (C=O) groups is 1. The monoisotopic (exact) mass is 301 g/mol. The zero-order chi connectivity index (χ0) is 15.8. The van der Waals surface area contributed by atoms with Crippen LogP contribution in [0.2, 0.25) is 0 Å². The van der Waals surface area contributed by atoms with Crippen molar-refractivity contribution < 1.29 is 9.90 Å². The van der Waals surface area contributed by atoms with Crippen molar-refractivity contribution in [3.63, 3.8) is 0 Å². The Hall–Kier alpha value is -2.06. The second-order valence-corrected chi connectivity index (χ2v) is 5.80. The zero-order valence-electron chi connectivity index (χ0n) is 12.7. The summed E-state index contributed by atoms with van der Waals surface area (Å²) in [6.45, 7) is 0.328. The molecule has 1 fully saturated rings. The van der Waals surface area contributed by atoms with Crippen molar-refractivity contribution in [2.24, 2.45) is 5.92 Å². The molecule has 0 bridgehead atoms. The number of benzene rings is 1. The van der Waals surface area contributed by atoms with Crippen LogP contribution in [0, 0.1) is 17.2 Å². The van der Waals surface area contributed by atoms with Crippen LogP contribution in [0.15, 0.2) is 24.3 Å². The number of amides is 1. The van der Waals surface area contributed by atoms with Crippen molar-refractivity contribution in [3.05, 3.63) is 29.8 Å². The Balaban J connectivity index is 1.82. The average molecular weight is 301 g/mol. The third kappa shape index (κ3) is 4.74. The molecule has 1 saturated carbocycles. The molecule has 0 saturated heterocycles. The SMILES string of the molecule is N#Cc1ccc(NCC(=O)NC2CCCCCC2CO)cc1. The van der Waals surface area contributed by atoms with Crippen LogP contribution in [0.1, 0.15) is 37.7 Å².